The molecule has 3 aliphatic rings. The van der Waals surface area contributed by atoms with Crippen LogP contribution in [0.2, 0.25) is 0 Å². The number of hydrogen-bond donors (Lipinski definition) is 0. The summed E-state index contributed by atoms with van der Waals surface area (Å²) in [6.45, 7) is 0. The van der Waals surface area contributed by atoms with Gasteiger partial charge in [0.2, 0.25) is 0 Å². The van der Waals surface area contributed by atoms with Gasteiger partial charge < -0.3 is 9.15 Å². The maximum atomic E-state index is 6.52. The summed E-state index contributed by atoms with van der Waals surface area (Å²) in [4.78, 5) is 0. The van der Waals surface area contributed by atoms with E-state index in [9.17, 15) is 0 Å². The molecule has 14 rings (SSSR count). The molecule has 2 aliphatic carbocycles. The van der Waals surface area contributed by atoms with E-state index in [1.807, 2.05) is 12.1 Å². The predicted molar refractivity (Wildman–Crippen MR) is 241 cm³/mol. The van der Waals surface area contributed by atoms with Crippen molar-refractivity contribution in [2.75, 3.05) is 0 Å². The third-order valence-electron chi connectivity index (χ3n) is 13.5. The number of fused-ring (bicyclic) bond motifs is 17. The van der Waals surface area contributed by atoms with Gasteiger partial charge in [0.15, 0.2) is 0 Å². The molecule has 11 aromatic rings. The Bertz CT molecular complexity index is 3610. The topological polar surface area (TPSA) is 22.4 Å². The highest BCUT2D eigenvalue weighted by Gasteiger charge is 2.52. The lowest BCUT2D eigenvalue weighted by Gasteiger charge is -2.30. The number of rotatable bonds is 2. The van der Waals surface area contributed by atoms with E-state index >= 15 is 0 Å². The number of hydrogen-bond acceptors (Lipinski definition) is 2. The molecule has 59 heavy (non-hydrogen) atoms. The Morgan fingerprint density at radius 1 is 0.322 bits per heavy atom. The van der Waals surface area contributed by atoms with Gasteiger partial charge in [-0.05, 0) is 131 Å². The molecule has 0 atom stereocenters. The Balaban J connectivity index is 1.03. The highest BCUT2D eigenvalue weighted by molar-refractivity contribution is 6.13. The molecule has 0 bridgehead atoms. The molecule has 2 heterocycles. The molecule has 1 spiro atoms. The van der Waals surface area contributed by atoms with Crippen LogP contribution in [0, 0.1) is 0 Å². The van der Waals surface area contributed by atoms with Gasteiger partial charge in [0.05, 0.1) is 5.41 Å². The lowest BCUT2D eigenvalue weighted by molar-refractivity contribution is 0.487. The SMILES string of the molecule is c1ccc2c(c1)-c1ccccc1C21c2ccc(-c3ccc4c(c3)-c3cccc5cccc(c35)O4)cc2-c2c1ccc1c(-c3ccc4oc5ccccc5c4c3)cccc21. The van der Waals surface area contributed by atoms with Gasteiger partial charge in [-0.1, -0.05) is 152 Å². The van der Waals surface area contributed by atoms with Crippen LogP contribution in [-0.2, 0) is 5.41 Å². The van der Waals surface area contributed by atoms with E-state index < -0.39 is 5.41 Å². The van der Waals surface area contributed by atoms with Crippen LogP contribution >= 0.6 is 0 Å². The van der Waals surface area contributed by atoms with Crippen molar-refractivity contribution >= 4 is 43.5 Å². The molecule has 0 N–H and O–H groups in total. The fourth-order valence-corrected chi connectivity index (χ4v) is 11.1. The van der Waals surface area contributed by atoms with Gasteiger partial charge in [-0.15, -0.1) is 0 Å². The van der Waals surface area contributed by atoms with Gasteiger partial charge in [-0.3, -0.25) is 0 Å². The summed E-state index contributed by atoms with van der Waals surface area (Å²) in [5.41, 5.74) is 19.0. The molecule has 0 radical (unpaired) electrons. The summed E-state index contributed by atoms with van der Waals surface area (Å²) in [5, 5.41) is 7.14. The molecule has 0 saturated carbocycles. The van der Waals surface area contributed by atoms with Crippen molar-refractivity contribution in [1.82, 2.24) is 0 Å². The molecule has 0 fully saturated rings. The van der Waals surface area contributed by atoms with Crippen LogP contribution in [0.15, 0.2) is 199 Å². The average Bonchev–Trinajstić information content (AvgIpc) is 3.92. The van der Waals surface area contributed by atoms with Gasteiger partial charge in [-0.25, -0.2) is 0 Å². The monoisotopic (exact) mass is 748 g/mol. The minimum atomic E-state index is -0.446. The Kier molecular flexibility index (Phi) is 5.99. The van der Waals surface area contributed by atoms with Crippen LogP contribution in [0.1, 0.15) is 22.3 Å². The van der Waals surface area contributed by atoms with E-state index in [2.05, 4.69) is 182 Å². The lowest BCUT2D eigenvalue weighted by Crippen LogP contribution is -2.25. The molecule has 1 aliphatic heterocycles. The fourth-order valence-electron chi connectivity index (χ4n) is 11.1. The van der Waals surface area contributed by atoms with E-state index in [-0.39, 0.29) is 0 Å². The van der Waals surface area contributed by atoms with Crippen LogP contribution in [0.5, 0.6) is 11.5 Å². The molecule has 1 aromatic heterocycles. The van der Waals surface area contributed by atoms with Crippen molar-refractivity contribution in [3.05, 3.63) is 216 Å². The van der Waals surface area contributed by atoms with E-state index in [0.717, 1.165) is 39.0 Å². The average molecular weight is 749 g/mol. The minimum Gasteiger partial charge on any atom is -0.456 e. The molecular weight excluding hydrogens is 717 g/mol. The zero-order valence-corrected chi connectivity index (χ0v) is 31.8. The number of furan rings is 1. The van der Waals surface area contributed by atoms with Crippen molar-refractivity contribution in [2.45, 2.75) is 5.41 Å². The number of para-hydroxylation sites is 1. The van der Waals surface area contributed by atoms with Crippen molar-refractivity contribution in [2.24, 2.45) is 0 Å². The smallest absolute Gasteiger partial charge is 0.135 e. The first kappa shape index (κ1) is 31.4. The zero-order valence-electron chi connectivity index (χ0n) is 31.8. The predicted octanol–water partition coefficient (Wildman–Crippen LogP) is 15.3. The summed E-state index contributed by atoms with van der Waals surface area (Å²) in [5.74, 6) is 1.81. The van der Waals surface area contributed by atoms with Gasteiger partial charge in [0, 0.05) is 21.7 Å². The summed E-state index contributed by atoms with van der Waals surface area (Å²) in [7, 11) is 0. The van der Waals surface area contributed by atoms with Gasteiger partial charge >= 0.3 is 0 Å². The zero-order chi connectivity index (χ0) is 38.4. The maximum absolute atomic E-state index is 6.52. The van der Waals surface area contributed by atoms with Crippen molar-refractivity contribution in [3.8, 4) is 67.1 Å². The standard InChI is InChI=1S/C57H32O2/c1-4-18-47-39(12-1)40-13-2-5-19-48(40)57(47)49-26-22-34(35-23-28-53-45(30-35)43-16-7-10-33-11-8-21-54(59-53)55(33)43)31-46(49)56-42-17-9-15-37(38(42)25-27-50(56)57)36-24-29-52-44(32-36)41-14-3-6-20-51(41)58-52/h1-32H. The first-order valence-electron chi connectivity index (χ1n) is 20.4. The van der Waals surface area contributed by atoms with Crippen molar-refractivity contribution < 1.29 is 9.15 Å². The van der Waals surface area contributed by atoms with E-state index in [1.165, 1.54) is 93.9 Å². The Hall–Kier alpha value is -7.68. The highest BCUT2D eigenvalue weighted by atomic mass is 16.5. The summed E-state index contributed by atoms with van der Waals surface area (Å²) in [6.07, 6.45) is 0. The molecule has 272 valence electrons. The van der Waals surface area contributed by atoms with Gasteiger partial charge in [0.25, 0.3) is 0 Å². The largest absolute Gasteiger partial charge is 0.456 e. The van der Waals surface area contributed by atoms with Crippen molar-refractivity contribution in [1.29, 1.82) is 0 Å². The van der Waals surface area contributed by atoms with Crippen LogP contribution in [0.4, 0.5) is 0 Å². The third kappa shape index (κ3) is 4.00. The second kappa shape index (κ2) is 11.2. The summed E-state index contributed by atoms with van der Waals surface area (Å²) in [6, 6.07) is 71.5. The highest BCUT2D eigenvalue weighted by Crippen LogP contribution is 2.64. The van der Waals surface area contributed by atoms with Crippen LogP contribution in [0.25, 0.3) is 99.1 Å². The molecule has 0 amide bonds. The van der Waals surface area contributed by atoms with Crippen molar-refractivity contribution in [3.63, 3.8) is 0 Å². The maximum Gasteiger partial charge on any atom is 0.135 e. The van der Waals surface area contributed by atoms with E-state index in [4.69, 9.17) is 9.15 Å². The first-order chi connectivity index (χ1) is 29.2. The Morgan fingerprint density at radius 2 is 0.949 bits per heavy atom. The molecule has 0 saturated heterocycles. The normalized spacial score (nSPS) is 13.7. The molecule has 2 heteroatoms. The lowest BCUT2D eigenvalue weighted by atomic mass is 9.70. The van der Waals surface area contributed by atoms with Crippen LogP contribution in [-0.4, -0.2) is 0 Å². The van der Waals surface area contributed by atoms with Gasteiger partial charge in [0.1, 0.15) is 22.7 Å². The van der Waals surface area contributed by atoms with E-state index in [0.29, 0.717) is 0 Å². The first-order valence-corrected chi connectivity index (χ1v) is 20.4. The summed E-state index contributed by atoms with van der Waals surface area (Å²) < 4.78 is 12.8. The third-order valence-corrected chi connectivity index (χ3v) is 13.5. The molecule has 2 nitrogen and oxygen atoms in total. The number of benzene rings is 10. The second-order valence-electron chi connectivity index (χ2n) is 16.3. The van der Waals surface area contributed by atoms with Gasteiger partial charge in [-0.2, -0.15) is 0 Å². The second-order valence-corrected chi connectivity index (χ2v) is 16.3. The van der Waals surface area contributed by atoms with Crippen LogP contribution < -0.4 is 4.74 Å². The Morgan fingerprint density at radius 3 is 1.81 bits per heavy atom. The quantitative estimate of drug-likeness (QED) is 0.176. The van der Waals surface area contributed by atoms with E-state index in [1.54, 1.807) is 0 Å². The minimum absolute atomic E-state index is 0.446. The Labute approximate surface area is 340 Å². The molecule has 0 unspecified atom stereocenters. The molecular formula is C57H32O2. The fraction of sp³-hybridized carbons (Fsp3) is 0.0175. The number of ether oxygens (including phenoxy) is 1. The van der Waals surface area contributed by atoms with Crippen LogP contribution in [0.3, 0.4) is 0 Å². The summed E-state index contributed by atoms with van der Waals surface area (Å²) >= 11 is 0. The molecule has 10 aromatic carbocycles.